The van der Waals surface area contributed by atoms with Crippen LogP contribution in [0.2, 0.25) is 0 Å². The molecule has 0 spiro atoms. The van der Waals surface area contributed by atoms with Gasteiger partial charge in [-0.15, -0.1) is 0 Å². The van der Waals surface area contributed by atoms with Crippen LogP contribution < -0.4 is 20.1 Å². The van der Waals surface area contributed by atoms with Crippen LogP contribution in [0, 0.1) is 46.7 Å². The van der Waals surface area contributed by atoms with Crippen LogP contribution in [0.4, 0.5) is 4.39 Å². The molecule has 5 aliphatic carbocycles. The minimum atomic E-state index is -0.829. The van der Waals surface area contributed by atoms with E-state index in [0.717, 1.165) is 31.7 Å². The molecule has 5 aliphatic rings. The van der Waals surface area contributed by atoms with Gasteiger partial charge < -0.3 is 25.2 Å². The summed E-state index contributed by atoms with van der Waals surface area (Å²) in [6.07, 6.45) is 13.5. The summed E-state index contributed by atoms with van der Waals surface area (Å²) in [5.41, 5.74) is -0.634. The molecule has 0 heterocycles. The van der Waals surface area contributed by atoms with E-state index in [4.69, 9.17) is 9.47 Å². The van der Waals surface area contributed by atoms with Crippen LogP contribution in [-0.2, 0) is 9.59 Å². The summed E-state index contributed by atoms with van der Waals surface area (Å²) in [5.74, 6) is 0.515. The number of carbonyl (C=O) groups excluding carboxylic acids is 2. The fourth-order valence-corrected chi connectivity index (χ4v) is 8.96. The van der Waals surface area contributed by atoms with Gasteiger partial charge in [-0.05, 0) is 100 Å². The second-order valence-corrected chi connectivity index (χ2v) is 14.7. The van der Waals surface area contributed by atoms with Crippen molar-refractivity contribution in [1.29, 1.82) is 0 Å². The first-order valence-electron chi connectivity index (χ1n) is 17.0. The molecule has 9 heteroatoms. The molecule has 5 atom stereocenters. The van der Waals surface area contributed by atoms with Crippen LogP contribution in [0.25, 0.3) is 0 Å². The second kappa shape index (κ2) is 12.9. The molecule has 0 unspecified atom stereocenters. The largest absolute Gasteiger partial charge is 0.496 e. The molecule has 5 saturated carbocycles. The van der Waals surface area contributed by atoms with Crippen molar-refractivity contribution >= 4 is 17.8 Å². The van der Waals surface area contributed by atoms with Crippen molar-refractivity contribution in [3.8, 4) is 11.5 Å². The van der Waals surface area contributed by atoms with Gasteiger partial charge in [-0.3, -0.25) is 14.4 Å². The Morgan fingerprint density at radius 3 is 2.30 bits per heavy atom. The highest BCUT2D eigenvalue weighted by atomic mass is 19.1. The standard InChI is InChI=1S/C35H49FN2O6/c1-35(34(41)42)14-12-24(13-15-35)44-29-17-25(28(43-2)18-27(29)36)32(39)38-31-23-11-10-22(16-23)30(31)33(40)37-19-26(21-8-9-21)20-6-4-3-5-7-20/h17-18,20-24,26,30-31H,3-16,19H2,1-2H3,(H,37,40)(H,38,39)(H,41,42)/t22-,23+,24?,26+,30+,31-,35?/m1/s1. The van der Waals surface area contributed by atoms with Gasteiger partial charge in [-0.1, -0.05) is 32.1 Å². The number of aliphatic carboxylic acids is 1. The smallest absolute Gasteiger partial charge is 0.309 e. The number of nitrogens with one attached hydrogen (secondary N) is 2. The zero-order valence-corrected chi connectivity index (χ0v) is 26.2. The van der Waals surface area contributed by atoms with Gasteiger partial charge in [0.2, 0.25) is 5.91 Å². The van der Waals surface area contributed by atoms with Crippen molar-refractivity contribution in [2.24, 2.45) is 40.9 Å². The third kappa shape index (κ3) is 6.43. The molecule has 2 amide bonds. The third-order valence-electron chi connectivity index (χ3n) is 11.9. The molecule has 6 rings (SSSR count). The molecule has 242 valence electrons. The van der Waals surface area contributed by atoms with E-state index < -0.39 is 23.1 Å². The van der Waals surface area contributed by atoms with Crippen molar-refractivity contribution in [3.05, 3.63) is 23.5 Å². The quantitative estimate of drug-likeness (QED) is 0.278. The molecule has 8 nitrogen and oxygen atoms in total. The Morgan fingerprint density at radius 1 is 0.955 bits per heavy atom. The number of hydrogen-bond donors (Lipinski definition) is 3. The zero-order chi connectivity index (χ0) is 31.0. The van der Waals surface area contributed by atoms with E-state index in [-0.39, 0.29) is 52.9 Å². The summed E-state index contributed by atoms with van der Waals surface area (Å²) < 4.78 is 26.5. The van der Waals surface area contributed by atoms with Crippen LogP contribution in [0.3, 0.4) is 0 Å². The highest BCUT2D eigenvalue weighted by Gasteiger charge is 2.52. The van der Waals surface area contributed by atoms with Gasteiger partial charge in [0.1, 0.15) is 5.75 Å². The maximum Gasteiger partial charge on any atom is 0.309 e. The van der Waals surface area contributed by atoms with E-state index in [9.17, 15) is 19.5 Å². The number of fused-ring (bicyclic) bond motifs is 2. The van der Waals surface area contributed by atoms with E-state index in [2.05, 4.69) is 10.6 Å². The minimum Gasteiger partial charge on any atom is -0.496 e. The van der Waals surface area contributed by atoms with Gasteiger partial charge in [0.25, 0.3) is 5.91 Å². The zero-order valence-electron chi connectivity index (χ0n) is 26.2. The SMILES string of the molecule is COc1cc(F)c(OC2CCC(C)(C(=O)O)CC2)cc1C(=O)N[C@@H]1[C@H]2CC[C@H](C2)[C@@H]1C(=O)NC[C@@H](C1CCCCC1)C1CC1. The number of amides is 2. The van der Waals surface area contributed by atoms with Crippen LogP contribution in [0.5, 0.6) is 11.5 Å². The van der Waals surface area contributed by atoms with Crippen LogP contribution in [-0.4, -0.2) is 48.7 Å². The van der Waals surface area contributed by atoms with Crippen molar-refractivity contribution < 1.29 is 33.4 Å². The third-order valence-corrected chi connectivity index (χ3v) is 11.9. The lowest BCUT2D eigenvalue weighted by atomic mass is 9.75. The van der Waals surface area contributed by atoms with Crippen molar-refractivity contribution in [1.82, 2.24) is 10.6 Å². The molecule has 0 saturated heterocycles. The Kier molecular flexibility index (Phi) is 9.12. The summed E-state index contributed by atoms with van der Waals surface area (Å²) in [6.45, 7) is 2.47. The Hall–Kier alpha value is -2.84. The van der Waals surface area contributed by atoms with E-state index in [0.29, 0.717) is 37.5 Å². The number of methoxy groups -OCH3 is 1. The van der Waals surface area contributed by atoms with E-state index in [1.54, 1.807) is 6.92 Å². The maximum atomic E-state index is 15.1. The average Bonchev–Trinajstić information content (AvgIpc) is 3.65. The minimum absolute atomic E-state index is 0.0454. The number of carboxylic acids is 1. The number of rotatable bonds is 11. The van der Waals surface area contributed by atoms with E-state index in [1.807, 2.05) is 0 Å². The van der Waals surface area contributed by atoms with Crippen LogP contribution >= 0.6 is 0 Å². The summed E-state index contributed by atoms with van der Waals surface area (Å²) in [4.78, 5) is 39.1. The number of hydrogen-bond acceptors (Lipinski definition) is 5. The van der Waals surface area contributed by atoms with Gasteiger partial charge in [-0.2, -0.15) is 0 Å². The topological polar surface area (TPSA) is 114 Å². The summed E-state index contributed by atoms with van der Waals surface area (Å²) in [6, 6.07) is 2.28. The first-order valence-corrected chi connectivity index (χ1v) is 17.0. The first-order chi connectivity index (χ1) is 21.2. The number of carboxylic acid groups (broad SMARTS) is 1. The number of benzene rings is 1. The fourth-order valence-electron chi connectivity index (χ4n) is 8.96. The number of carbonyl (C=O) groups is 3. The lowest BCUT2D eigenvalue weighted by Gasteiger charge is -2.34. The number of ether oxygens (including phenoxy) is 2. The van der Waals surface area contributed by atoms with Gasteiger partial charge in [0.15, 0.2) is 11.6 Å². The van der Waals surface area contributed by atoms with E-state index in [1.165, 1.54) is 64.2 Å². The first kappa shape index (κ1) is 31.2. The lowest BCUT2D eigenvalue weighted by molar-refractivity contribution is -0.150. The average molecular weight is 613 g/mol. The van der Waals surface area contributed by atoms with Crippen molar-refractivity contribution in [2.45, 2.75) is 109 Å². The molecule has 5 fully saturated rings. The molecular weight excluding hydrogens is 563 g/mol. The normalized spacial score (nSPS) is 32.6. The fraction of sp³-hybridized carbons (Fsp3) is 0.743. The van der Waals surface area contributed by atoms with Crippen molar-refractivity contribution in [2.75, 3.05) is 13.7 Å². The van der Waals surface area contributed by atoms with Gasteiger partial charge >= 0.3 is 5.97 Å². The summed E-state index contributed by atoms with van der Waals surface area (Å²) >= 11 is 0. The monoisotopic (exact) mass is 612 g/mol. The van der Waals surface area contributed by atoms with Crippen LogP contribution in [0.1, 0.15) is 107 Å². The predicted molar refractivity (Wildman–Crippen MR) is 163 cm³/mol. The summed E-state index contributed by atoms with van der Waals surface area (Å²) in [5, 5.41) is 16.0. The molecular formula is C35H49FN2O6. The van der Waals surface area contributed by atoms with Gasteiger partial charge in [0.05, 0.1) is 30.1 Å². The Labute approximate surface area is 260 Å². The summed E-state index contributed by atoms with van der Waals surface area (Å²) in [7, 11) is 1.40. The van der Waals surface area contributed by atoms with E-state index >= 15 is 4.39 Å². The van der Waals surface area contributed by atoms with Crippen LogP contribution in [0.15, 0.2) is 12.1 Å². The molecule has 1 aromatic carbocycles. The molecule has 0 radical (unpaired) electrons. The van der Waals surface area contributed by atoms with Gasteiger partial charge in [0, 0.05) is 18.7 Å². The van der Waals surface area contributed by atoms with Gasteiger partial charge in [-0.25, -0.2) is 4.39 Å². The lowest BCUT2D eigenvalue weighted by Crippen LogP contribution is -2.50. The Balaban J connectivity index is 1.12. The highest BCUT2D eigenvalue weighted by molar-refractivity contribution is 5.98. The molecule has 3 N–H and O–H groups in total. The molecule has 0 aliphatic heterocycles. The number of halogens is 1. The Morgan fingerprint density at radius 2 is 1.64 bits per heavy atom. The molecule has 44 heavy (non-hydrogen) atoms. The molecule has 2 bridgehead atoms. The molecule has 0 aromatic heterocycles. The molecule has 1 aromatic rings. The maximum absolute atomic E-state index is 15.1. The second-order valence-electron chi connectivity index (χ2n) is 14.7. The highest BCUT2D eigenvalue weighted by Crippen LogP contribution is 2.49. The predicted octanol–water partition coefficient (Wildman–Crippen LogP) is 6.11. The van der Waals surface area contributed by atoms with Crippen molar-refractivity contribution in [3.63, 3.8) is 0 Å². The Bertz CT molecular complexity index is 1240.